The molecule has 1 spiro atoms. The van der Waals surface area contributed by atoms with E-state index in [1.165, 1.54) is 0 Å². The zero-order valence-electron chi connectivity index (χ0n) is 11.8. The first-order valence-electron chi connectivity index (χ1n) is 6.89. The van der Waals surface area contributed by atoms with Crippen LogP contribution in [0.1, 0.15) is 46.5 Å². The minimum Gasteiger partial charge on any atom is -0.366 e. The minimum absolute atomic E-state index is 0.0610. The zero-order valence-corrected chi connectivity index (χ0v) is 11.8. The van der Waals surface area contributed by atoms with E-state index in [2.05, 4.69) is 32.6 Å². The van der Waals surface area contributed by atoms with Crippen LogP contribution < -0.4 is 0 Å². The fourth-order valence-electron chi connectivity index (χ4n) is 2.44. The summed E-state index contributed by atoms with van der Waals surface area (Å²) in [5.74, 6) is 6.00. The highest BCUT2D eigenvalue weighted by molar-refractivity contribution is 5.07. The second kappa shape index (κ2) is 5.61. The molecule has 0 amide bonds. The lowest BCUT2D eigenvalue weighted by Crippen LogP contribution is -2.37. The number of hydrogen-bond donors (Lipinski definition) is 0. The Balaban J connectivity index is 1.69. The van der Waals surface area contributed by atoms with Gasteiger partial charge >= 0.3 is 0 Å². The summed E-state index contributed by atoms with van der Waals surface area (Å²) in [4.78, 5) is 0. The van der Waals surface area contributed by atoms with Gasteiger partial charge in [0.1, 0.15) is 6.61 Å². The van der Waals surface area contributed by atoms with Crippen LogP contribution in [0.4, 0.5) is 0 Å². The Kier molecular flexibility index (Phi) is 4.32. The largest absolute Gasteiger partial charge is 0.366 e. The first-order chi connectivity index (χ1) is 8.49. The molecule has 102 valence electrons. The summed E-state index contributed by atoms with van der Waals surface area (Å²) in [6, 6.07) is 0. The molecule has 2 aliphatic rings. The standard InChI is InChI=1S/C15H24O3/c1-14(2,3)7-4-10-16-13-5-8-15(9-6-13)17-11-12-18-15/h13H,5-6,8-12H2,1-3H3. The summed E-state index contributed by atoms with van der Waals surface area (Å²) in [7, 11) is 0. The molecule has 0 N–H and O–H groups in total. The molecule has 1 saturated carbocycles. The molecule has 18 heavy (non-hydrogen) atoms. The van der Waals surface area contributed by atoms with Crippen molar-refractivity contribution in [3.63, 3.8) is 0 Å². The number of hydrogen-bond acceptors (Lipinski definition) is 3. The first kappa shape index (κ1) is 13.9. The second-order valence-electron chi connectivity index (χ2n) is 6.17. The van der Waals surface area contributed by atoms with Crippen LogP contribution in [-0.4, -0.2) is 31.7 Å². The van der Waals surface area contributed by atoms with Crippen molar-refractivity contribution in [3.05, 3.63) is 0 Å². The Labute approximate surface area is 110 Å². The fourth-order valence-corrected chi connectivity index (χ4v) is 2.44. The van der Waals surface area contributed by atoms with E-state index in [4.69, 9.17) is 14.2 Å². The third kappa shape index (κ3) is 3.98. The van der Waals surface area contributed by atoms with E-state index >= 15 is 0 Å². The van der Waals surface area contributed by atoms with E-state index in [9.17, 15) is 0 Å². The van der Waals surface area contributed by atoms with Crippen molar-refractivity contribution < 1.29 is 14.2 Å². The molecule has 1 saturated heterocycles. The van der Waals surface area contributed by atoms with Crippen LogP contribution in [0.5, 0.6) is 0 Å². The van der Waals surface area contributed by atoms with E-state index in [-0.39, 0.29) is 11.2 Å². The first-order valence-corrected chi connectivity index (χ1v) is 6.89. The van der Waals surface area contributed by atoms with Crippen LogP contribution >= 0.6 is 0 Å². The highest BCUT2D eigenvalue weighted by Gasteiger charge is 2.40. The summed E-state index contributed by atoms with van der Waals surface area (Å²) in [6.07, 6.45) is 4.24. The number of ether oxygens (including phenoxy) is 3. The number of rotatable bonds is 2. The van der Waals surface area contributed by atoms with Gasteiger partial charge in [-0.1, -0.05) is 11.8 Å². The van der Waals surface area contributed by atoms with E-state index in [0.717, 1.165) is 38.9 Å². The molecule has 2 rings (SSSR count). The molecule has 0 unspecified atom stereocenters. The monoisotopic (exact) mass is 252 g/mol. The predicted molar refractivity (Wildman–Crippen MR) is 70.1 cm³/mol. The summed E-state index contributed by atoms with van der Waals surface area (Å²) < 4.78 is 17.2. The lowest BCUT2D eigenvalue weighted by Gasteiger charge is -2.34. The maximum atomic E-state index is 5.80. The highest BCUT2D eigenvalue weighted by Crippen LogP contribution is 2.36. The topological polar surface area (TPSA) is 27.7 Å². The quantitative estimate of drug-likeness (QED) is 0.707. The molecule has 0 bridgehead atoms. The smallest absolute Gasteiger partial charge is 0.168 e. The Morgan fingerprint density at radius 2 is 1.78 bits per heavy atom. The summed E-state index contributed by atoms with van der Waals surface area (Å²) >= 11 is 0. The van der Waals surface area contributed by atoms with Crippen LogP contribution in [-0.2, 0) is 14.2 Å². The van der Waals surface area contributed by atoms with Gasteiger partial charge < -0.3 is 14.2 Å². The third-order valence-electron chi connectivity index (χ3n) is 3.36. The van der Waals surface area contributed by atoms with E-state index in [1.54, 1.807) is 0 Å². The Morgan fingerprint density at radius 1 is 1.17 bits per heavy atom. The van der Waals surface area contributed by atoms with Gasteiger partial charge in [0.2, 0.25) is 0 Å². The van der Waals surface area contributed by atoms with Gasteiger partial charge in [-0.05, 0) is 33.6 Å². The average molecular weight is 252 g/mol. The summed E-state index contributed by atoms with van der Waals surface area (Å²) in [6.45, 7) is 8.35. The van der Waals surface area contributed by atoms with Crippen LogP contribution in [0, 0.1) is 17.3 Å². The van der Waals surface area contributed by atoms with E-state index in [1.807, 2.05) is 0 Å². The molecule has 0 aromatic heterocycles. The zero-order chi connectivity index (χ0) is 13.1. The van der Waals surface area contributed by atoms with Crippen molar-refractivity contribution in [1.82, 2.24) is 0 Å². The Hall–Kier alpha value is -0.560. The van der Waals surface area contributed by atoms with Crippen molar-refractivity contribution in [2.45, 2.75) is 58.3 Å². The van der Waals surface area contributed by atoms with Crippen LogP contribution in [0.2, 0.25) is 0 Å². The van der Waals surface area contributed by atoms with Crippen LogP contribution in [0.25, 0.3) is 0 Å². The van der Waals surface area contributed by atoms with Gasteiger partial charge in [-0.25, -0.2) is 0 Å². The molecule has 1 aliphatic carbocycles. The van der Waals surface area contributed by atoms with Gasteiger partial charge in [-0.2, -0.15) is 0 Å². The van der Waals surface area contributed by atoms with E-state index in [0.29, 0.717) is 12.7 Å². The van der Waals surface area contributed by atoms with Gasteiger partial charge in [0, 0.05) is 18.3 Å². The molecule has 0 aromatic rings. The Morgan fingerprint density at radius 3 is 2.33 bits per heavy atom. The SMILES string of the molecule is CC(C)(C)C#CCOC1CCC2(CC1)OCCO2. The molecule has 0 aromatic carbocycles. The van der Waals surface area contributed by atoms with Crippen LogP contribution in [0.15, 0.2) is 0 Å². The van der Waals surface area contributed by atoms with Gasteiger partial charge in [-0.15, -0.1) is 0 Å². The van der Waals surface area contributed by atoms with Gasteiger partial charge in [0.25, 0.3) is 0 Å². The minimum atomic E-state index is -0.281. The summed E-state index contributed by atoms with van der Waals surface area (Å²) in [5, 5.41) is 0. The molecular weight excluding hydrogens is 228 g/mol. The van der Waals surface area contributed by atoms with E-state index < -0.39 is 0 Å². The highest BCUT2D eigenvalue weighted by atomic mass is 16.7. The normalized spacial score (nSPS) is 23.9. The van der Waals surface area contributed by atoms with Gasteiger partial charge in [0.05, 0.1) is 19.3 Å². The second-order valence-corrected chi connectivity index (χ2v) is 6.17. The summed E-state index contributed by atoms with van der Waals surface area (Å²) in [5.41, 5.74) is 0.0610. The lowest BCUT2D eigenvalue weighted by molar-refractivity contribution is -0.190. The molecule has 1 heterocycles. The molecule has 2 fully saturated rings. The van der Waals surface area contributed by atoms with Crippen molar-refractivity contribution in [2.75, 3.05) is 19.8 Å². The maximum absolute atomic E-state index is 5.80. The molecule has 0 radical (unpaired) electrons. The van der Waals surface area contributed by atoms with Crippen molar-refractivity contribution >= 4 is 0 Å². The molecule has 1 aliphatic heterocycles. The molecule has 0 atom stereocenters. The van der Waals surface area contributed by atoms with Gasteiger partial charge in [0.15, 0.2) is 5.79 Å². The Bertz CT molecular complexity index is 316. The molecule has 3 heteroatoms. The van der Waals surface area contributed by atoms with Crippen LogP contribution in [0.3, 0.4) is 0 Å². The van der Waals surface area contributed by atoms with Crippen molar-refractivity contribution in [3.8, 4) is 11.8 Å². The fraction of sp³-hybridized carbons (Fsp3) is 0.867. The van der Waals surface area contributed by atoms with Crippen molar-refractivity contribution in [2.24, 2.45) is 5.41 Å². The average Bonchev–Trinajstić information content (AvgIpc) is 2.75. The van der Waals surface area contributed by atoms with Gasteiger partial charge in [-0.3, -0.25) is 0 Å². The third-order valence-corrected chi connectivity index (χ3v) is 3.36. The van der Waals surface area contributed by atoms with Crippen molar-refractivity contribution in [1.29, 1.82) is 0 Å². The molecular formula is C15H24O3. The lowest BCUT2D eigenvalue weighted by atomic mass is 9.92. The molecule has 3 nitrogen and oxygen atoms in total. The maximum Gasteiger partial charge on any atom is 0.168 e. The predicted octanol–water partition coefficient (Wildman–Crippen LogP) is 2.74.